The molecule has 0 aliphatic rings. The van der Waals surface area contributed by atoms with Crippen LogP contribution in [-0.4, -0.2) is 47.4 Å². The molecule has 1 amide bonds. The number of hydrogen-bond acceptors (Lipinski definition) is 6. The highest BCUT2D eigenvalue weighted by atomic mass is 16.5. The van der Waals surface area contributed by atoms with E-state index in [-0.39, 0.29) is 5.91 Å². The van der Waals surface area contributed by atoms with E-state index in [0.717, 1.165) is 0 Å². The average molecular weight is 434 g/mol. The van der Waals surface area contributed by atoms with Gasteiger partial charge in [0.05, 0.1) is 52.8 Å². The van der Waals surface area contributed by atoms with E-state index in [2.05, 4.69) is 17.2 Å². The number of nitrogens with one attached hydrogen (secondary N) is 1. The summed E-state index contributed by atoms with van der Waals surface area (Å²) in [6.45, 7) is 0.601. The fraction of sp³-hybridized carbons (Fsp3) is 0.240. The van der Waals surface area contributed by atoms with Crippen LogP contribution in [0.2, 0.25) is 0 Å². The molecule has 0 bridgehead atoms. The summed E-state index contributed by atoms with van der Waals surface area (Å²) in [5.74, 6) is 7.00. The van der Waals surface area contributed by atoms with Crippen molar-refractivity contribution in [3.05, 3.63) is 42.0 Å². The second kappa shape index (κ2) is 11.8. The molecule has 7 heteroatoms. The Morgan fingerprint density at radius 2 is 1.53 bits per heavy atom. The normalized spacial score (nSPS) is 10.1. The van der Waals surface area contributed by atoms with E-state index in [1.54, 1.807) is 55.5 Å². The molecule has 0 aromatic heterocycles. The molecule has 2 rings (SSSR count). The lowest BCUT2D eigenvalue weighted by Gasteiger charge is -2.23. The first-order chi connectivity index (χ1) is 15.5. The van der Waals surface area contributed by atoms with E-state index in [1.807, 2.05) is 0 Å². The van der Waals surface area contributed by atoms with Gasteiger partial charge < -0.3 is 29.2 Å². The maximum absolute atomic E-state index is 12.6. The first-order valence-electron chi connectivity index (χ1n) is 9.60. The van der Waals surface area contributed by atoms with Crippen molar-refractivity contribution in [2.75, 3.05) is 51.7 Å². The molecular weight excluding hydrogens is 408 g/mol. The van der Waals surface area contributed by atoms with Crippen LogP contribution in [0.4, 0.5) is 11.4 Å². The number of benzene rings is 2. The molecule has 166 valence electrons. The maximum atomic E-state index is 12.6. The van der Waals surface area contributed by atoms with Crippen LogP contribution < -0.4 is 29.2 Å². The van der Waals surface area contributed by atoms with E-state index in [9.17, 15) is 4.79 Å². The molecule has 0 radical (unpaired) electrons. The van der Waals surface area contributed by atoms with Gasteiger partial charge in [-0.3, -0.25) is 4.79 Å². The van der Waals surface area contributed by atoms with Gasteiger partial charge in [-0.15, -0.1) is 12.8 Å². The van der Waals surface area contributed by atoms with E-state index in [4.69, 9.17) is 31.8 Å². The van der Waals surface area contributed by atoms with Gasteiger partial charge in [-0.2, -0.15) is 0 Å². The third-order valence-electron chi connectivity index (χ3n) is 4.51. The smallest absolute Gasteiger partial charge is 0.248 e. The van der Waals surface area contributed by atoms with Crippen LogP contribution in [0.3, 0.4) is 0 Å². The molecule has 0 spiro atoms. The standard InChI is InChI=1S/C25H26N2O5/c1-7-13-27(14-8-2)21-15-18(9-11-22(21)30-4)26-25(28)12-10-20-23(31-5)16-19(29-3)17-24(20)32-6/h1-2,9-12,15-17H,13-14H2,3-6H3,(H,26,28)/b12-10+. The molecule has 7 nitrogen and oxygen atoms in total. The van der Waals surface area contributed by atoms with Gasteiger partial charge in [-0.25, -0.2) is 0 Å². The van der Waals surface area contributed by atoms with Gasteiger partial charge in [0, 0.05) is 23.9 Å². The number of methoxy groups -OCH3 is 4. The van der Waals surface area contributed by atoms with Gasteiger partial charge in [0.2, 0.25) is 5.91 Å². The Labute approximate surface area is 188 Å². The van der Waals surface area contributed by atoms with Crippen LogP contribution in [0.1, 0.15) is 5.56 Å². The second-order valence-corrected chi connectivity index (χ2v) is 6.42. The first kappa shape index (κ1) is 24.0. The molecule has 2 aromatic rings. The number of nitrogens with zero attached hydrogens (tertiary/aromatic N) is 1. The summed E-state index contributed by atoms with van der Waals surface area (Å²) in [5.41, 5.74) is 1.85. The van der Waals surface area contributed by atoms with Crippen LogP contribution in [0.5, 0.6) is 23.0 Å². The number of carbonyl (C=O) groups excluding carboxylic acids is 1. The van der Waals surface area contributed by atoms with E-state index in [0.29, 0.717) is 53.0 Å². The summed E-state index contributed by atoms with van der Waals surface area (Å²) >= 11 is 0. The zero-order valence-electron chi connectivity index (χ0n) is 18.6. The number of terminal acetylenes is 2. The molecule has 0 atom stereocenters. The van der Waals surface area contributed by atoms with Crippen LogP contribution in [0.15, 0.2) is 36.4 Å². The lowest BCUT2D eigenvalue weighted by atomic mass is 10.1. The molecule has 0 fully saturated rings. The summed E-state index contributed by atoms with van der Waals surface area (Å²) in [6, 6.07) is 8.65. The highest BCUT2D eigenvalue weighted by Gasteiger charge is 2.14. The van der Waals surface area contributed by atoms with Gasteiger partial charge in [-0.05, 0) is 24.3 Å². The van der Waals surface area contributed by atoms with E-state index >= 15 is 0 Å². The number of anilines is 2. The molecule has 32 heavy (non-hydrogen) atoms. The lowest BCUT2D eigenvalue weighted by Crippen LogP contribution is -2.24. The van der Waals surface area contributed by atoms with Crippen molar-refractivity contribution >= 4 is 23.4 Å². The Balaban J connectivity index is 2.29. The number of carbonyl (C=O) groups is 1. The van der Waals surface area contributed by atoms with Crippen LogP contribution in [0.25, 0.3) is 6.08 Å². The highest BCUT2D eigenvalue weighted by molar-refractivity contribution is 6.02. The predicted molar refractivity (Wildman–Crippen MR) is 127 cm³/mol. The van der Waals surface area contributed by atoms with Crippen molar-refractivity contribution in [3.8, 4) is 47.7 Å². The van der Waals surface area contributed by atoms with Crippen LogP contribution >= 0.6 is 0 Å². The summed E-state index contributed by atoms with van der Waals surface area (Å²) < 4.78 is 21.5. The summed E-state index contributed by atoms with van der Waals surface area (Å²) in [5, 5.41) is 2.82. The predicted octanol–water partition coefficient (Wildman–Crippen LogP) is 3.45. The average Bonchev–Trinajstić information content (AvgIpc) is 2.81. The fourth-order valence-corrected chi connectivity index (χ4v) is 3.00. The van der Waals surface area contributed by atoms with E-state index < -0.39 is 0 Å². The van der Waals surface area contributed by atoms with Gasteiger partial charge >= 0.3 is 0 Å². The summed E-state index contributed by atoms with van der Waals surface area (Å²) in [4.78, 5) is 14.4. The molecular formula is C25H26N2O5. The zero-order valence-corrected chi connectivity index (χ0v) is 18.6. The summed E-state index contributed by atoms with van der Waals surface area (Å²) in [7, 11) is 6.17. The van der Waals surface area contributed by atoms with Crippen LogP contribution in [0, 0.1) is 24.7 Å². The molecule has 0 saturated heterocycles. The zero-order chi connectivity index (χ0) is 23.5. The van der Waals surface area contributed by atoms with Gasteiger partial charge in [0.25, 0.3) is 0 Å². The third kappa shape index (κ3) is 5.90. The lowest BCUT2D eigenvalue weighted by molar-refractivity contribution is -0.111. The quantitative estimate of drug-likeness (QED) is 0.456. The highest BCUT2D eigenvalue weighted by Crippen LogP contribution is 2.35. The van der Waals surface area contributed by atoms with Crippen molar-refractivity contribution in [3.63, 3.8) is 0 Å². The fourth-order valence-electron chi connectivity index (χ4n) is 3.00. The van der Waals surface area contributed by atoms with Gasteiger partial charge in [-0.1, -0.05) is 11.8 Å². The molecule has 0 aliphatic carbocycles. The number of ether oxygens (including phenoxy) is 4. The molecule has 0 aliphatic heterocycles. The SMILES string of the molecule is C#CCN(CC#C)c1cc(NC(=O)/C=C/c2c(OC)cc(OC)cc2OC)ccc1OC. The Kier molecular flexibility index (Phi) is 8.89. The monoisotopic (exact) mass is 434 g/mol. The van der Waals surface area contributed by atoms with Gasteiger partial charge in [0.15, 0.2) is 0 Å². The van der Waals surface area contributed by atoms with Crippen molar-refractivity contribution in [1.29, 1.82) is 0 Å². The molecule has 0 unspecified atom stereocenters. The van der Waals surface area contributed by atoms with Crippen molar-refractivity contribution in [1.82, 2.24) is 0 Å². The third-order valence-corrected chi connectivity index (χ3v) is 4.51. The minimum atomic E-state index is -0.346. The van der Waals surface area contributed by atoms with Crippen LogP contribution in [-0.2, 0) is 4.79 Å². The Bertz CT molecular complexity index is 1020. The molecule has 0 saturated carbocycles. The second-order valence-electron chi connectivity index (χ2n) is 6.42. The molecule has 1 N–H and O–H groups in total. The Hall–Kier alpha value is -4.23. The molecule has 2 aromatic carbocycles. The van der Waals surface area contributed by atoms with Crippen molar-refractivity contribution < 1.29 is 23.7 Å². The first-order valence-corrected chi connectivity index (χ1v) is 9.60. The maximum Gasteiger partial charge on any atom is 0.248 e. The van der Waals surface area contributed by atoms with E-state index in [1.165, 1.54) is 20.3 Å². The number of amides is 1. The van der Waals surface area contributed by atoms with Crippen molar-refractivity contribution in [2.24, 2.45) is 0 Å². The minimum Gasteiger partial charge on any atom is -0.496 e. The molecule has 0 heterocycles. The number of rotatable bonds is 10. The van der Waals surface area contributed by atoms with Gasteiger partial charge in [0.1, 0.15) is 23.0 Å². The minimum absolute atomic E-state index is 0.301. The summed E-state index contributed by atoms with van der Waals surface area (Å²) in [6.07, 6.45) is 13.9. The Morgan fingerprint density at radius 3 is 2.03 bits per heavy atom. The topological polar surface area (TPSA) is 69.3 Å². The van der Waals surface area contributed by atoms with Crippen molar-refractivity contribution in [2.45, 2.75) is 0 Å². The largest absolute Gasteiger partial charge is 0.496 e. The number of hydrogen-bond donors (Lipinski definition) is 1. The Morgan fingerprint density at radius 1 is 0.938 bits per heavy atom.